The van der Waals surface area contributed by atoms with Crippen molar-refractivity contribution in [3.63, 3.8) is 0 Å². The van der Waals surface area contributed by atoms with Gasteiger partial charge in [0.05, 0.1) is 6.54 Å². The van der Waals surface area contributed by atoms with E-state index in [-0.39, 0.29) is 6.03 Å². The summed E-state index contributed by atoms with van der Waals surface area (Å²) in [7, 11) is 0. The number of hydrogen-bond acceptors (Lipinski definition) is 3. The quantitative estimate of drug-likeness (QED) is 0.915. The second-order valence-corrected chi connectivity index (χ2v) is 7.02. The van der Waals surface area contributed by atoms with Gasteiger partial charge in [0.2, 0.25) is 0 Å². The highest BCUT2D eigenvalue weighted by Gasteiger charge is 2.34. The summed E-state index contributed by atoms with van der Waals surface area (Å²) in [6.07, 6.45) is 2.17. The Morgan fingerprint density at radius 2 is 2.16 bits per heavy atom. The average Bonchev–Trinajstić information content (AvgIpc) is 2.99. The van der Waals surface area contributed by atoms with Crippen molar-refractivity contribution in [2.45, 2.75) is 25.4 Å². The molecule has 2 amide bonds. The molecule has 0 spiro atoms. The molecule has 2 aliphatic rings. The molecule has 104 valence electrons. The van der Waals surface area contributed by atoms with Crippen molar-refractivity contribution in [1.82, 2.24) is 15.1 Å². The van der Waals surface area contributed by atoms with Crippen LogP contribution in [0.1, 0.15) is 17.7 Å². The minimum absolute atomic E-state index is 0.219. The van der Waals surface area contributed by atoms with Crippen molar-refractivity contribution in [2.24, 2.45) is 0 Å². The lowest BCUT2D eigenvalue weighted by atomic mass is 10.1. The number of halogens is 1. The molecule has 6 heteroatoms. The fourth-order valence-electron chi connectivity index (χ4n) is 2.83. The van der Waals surface area contributed by atoms with E-state index in [1.165, 1.54) is 4.88 Å². The fourth-order valence-corrected chi connectivity index (χ4v) is 4.30. The molecule has 2 fully saturated rings. The lowest BCUT2D eigenvalue weighted by Gasteiger charge is -2.31. The Bertz CT molecular complexity index is 458. The molecule has 0 bridgehead atoms. The Balaban J connectivity index is 1.61. The van der Waals surface area contributed by atoms with Gasteiger partial charge in [-0.1, -0.05) is 0 Å². The normalized spacial score (nSPS) is 21.4. The lowest BCUT2D eigenvalue weighted by Crippen LogP contribution is -2.45. The van der Waals surface area contributed by atoms with Gasteiger partial charge >= 0.3 is 6.03 Å². The Labute approximate surface area is 125 Å². The first-order chi connectivity index (χ1) is 9.24. The van der Waals surface area contributed by atoms with E-state index in [9.17, 15) is 4.79 Å². The molecular formula is C13H18BrN3OS. The van der Waals surface area contributed by atoms with Gasteiger partial charge in [-0.05, 0) is 47.9 Å². The summed E-state index contributed by atoms with van der Waals surface area (Å²) in [6.45, 7) is 4.56. The highest BCUT2D eigenvalue weighted by atomic mass is 79.9. The highest BCUT2D eigenvalue weighted by Crippen LogP contribution is 2.24. The van der Waals surface area contributed by atoms with E-state index in [0.29, 0.717) is 6.04 Å². The van der Waals surface area contributed by atoms with Gasteiger partial charge in [-0.25, -0.2) is 4.79 Å². The van der Waals surface area contributed by atoms with Gasteiger partial charge < -0.3 is 15.1 Å². The molecule has 0 radical (unpaired) electrons. The molecule has 2 saturated heterocycles. The fraction of sp³-hybridized carbons (Fsp3) is 0.615. The number of rotatable bonds is 3. The molecule has 19 heavy (non-hydrogen) atoms. The van der Waals surface area contributed by atoms with E-state index in [0.717, 1.165) is 50.0 Å². The second-order valence-electron chi connectivity index (χ2n) is 5.11. The first-order valence-electron chi connectivity index (χ1n) is 6.73. The third kappa shape index (κ3) is 2.95. The molecule has 1 aromatic heterocycles. The van der Waals surface area contributed by atoms with Gasteiger partial charge in [-0.3, -0.25) is 0 Å². The Kier molecular flexibility index (Phi) is 4.10. The number of nitrogens with zero attached hydrogens (tertiary/aromatic N) is 2. The molecule has 4 nitrogen and oxygen atoms in total. The van der Waals surface area contributed by atoms with Gasteiger partial charge in [-0.2, -0.15) is 0 Å². The van der Waals surface area contributed by atoms with Crippen LogP contribution in [-0.4, -0.2) is 48.1 Å². The summed E-state index contributed by atoms with van der Waals surface area (Å²) < 4.78 is 1.11. The molecule has 0 aromatic carbocycles. The smallest absolute Gasteiger partial charge is 0.320 e. The van der Waals surface area contributed by atoms with Gasteiger partial charge in [-0.15, -0.1) is 11.3 Å². The minimum Gasteiger partial charge on any atom is -0.320 e. The molecule has 0 saturated carbocycles. The number of nitrogens with one attached hydrogen (secondary N) is 1. The number of carbonyl (C=O) groups excluding carboxylic acids is 1. The van der Waals surface area contributed by atoms with E-state index in [2.05, 4.69) is 37.6 Å². The largest absolute Gasteiger partial charge is 0.320 e. The van der Waals surface area contributed by atoms with Crippen molar-refractivity contribution < 1.29 is 4.79 Å². The van der Waals surface area contributed by atoms with Crippen LogP contribution in [-0.2, 0) is 6.54 Å². The van der Waals surface area contributed by atoms with Crippen LogP contribution < -0.4 is 5.32 Å². The van der Waals surface area contributed by atoms with Crippen LogP contribution >= 0.6 is 27.3 Å². The van der Waals surface area contributed by atoms with Crippen molar-refractivity contribution in [3.8, 4) is 0 Å². The van der Waals surface area contributed by atoms with Crippen LogP contribution in [0.5, 0.6) is 0 Å². The van der Waals surface area contributed by atoms with Crippen molar-refractivity contribution in [1.29, 1.82) is 0 Å². The molecule has 0 atom stereocenters. The first kappa shape index (κ1) is 13.4. The van der Waals surface area contributed by atoms with Crippen LogP contribution in [0.4, 0.5) is 4.79 Å². The molecule has 0 aliphatic carbocycles. The minimum atomic E-state index is 0.219. The highest BCUT2D eigenvalue weighted by molar-refractivity contribution is 9.10. The van der Waals surface area contributed by atoms with Crippen molar-refractivity contribution >= 4 is 33.3 Å². The van der Waals surface area contributed by atoms with E-state index >= 15 is 0 Å². The zero-order valence-corrected chi connectivity index (χ0v) is 13.2. The predicted octanol–water partition coefficient (Wildman–Crippen LogP) is 2.50. The standard InChI is InChI=1S/C13H18BrN3OS/c14-10-7-12(19-9-10)8-16-5-6-17(13(16)18)11-1-3-15-4-2-11/h7,9,11,15H,1-6,8H2. The summed E-state index contributed by atoms with van der Waals surface area (Å²) in [6, 6.07) is 2.76. The number of carbonyl (C=O) groups is 1. The molecule has 1 N–H and O–H groups in total. The molecule has 3 heterocycles. The maximum Gasteiger partial charge on any atom is 0.320 e. The lowest BCUT2D eigenvalue weighted by molar-refractivity contribution is 0.165. The molecule has 0 unspecified atom stereocenters. The van der Waals surface area contributed by atoms with E-state index in [1.54, 1.807) is 11.3 Å². The van der Waals surface area contributed by atoms with Gasteiger partial charge in [0.15, 0.2) is 0 Å². The van der Waals surface area contributed by atoms with Crippen LogP contribution in [0.15, 0.2) is 15.9 Å². The Morgan fingerprint density at radius 1 is 1.37 bits per heavy atom. The summed E-state index contributed by atoms with van der Waals surface area (Å²) in [5.41, 5.74) is 0. The SMILES string of the molecule is O=C1N(Cc2cc(Br)cs2)CCN1C1CCNCC1. The van der Waals surface area contributed by atoms with E-state index in [4.69, 9.17) is 0 Å². The first-order valence-corrected chi connectivity index (χ1v) is 8.40. The summed E-state index contributed by atoms with van der Waals surface area (Å²) >= 11 is 5.17. The Hall–Kier alpha value is -0.590. The molecule has 1 aromatic rings. The Morgan fingerprint density at radius 3 is 2.84 bits per heavy atom. The third-order valence-electron chi connectivity index (χ3n) is 3.84. The third-order valence-corrected chi connectivity index (χ3v) is 5.53. The summed E-state index contributed by atoms with van der Waals surface area (Å²) in [5, 5.41) is 5.42. The zero-order valence-electron chi connectivity index (χ0n) is 10.8. The van der Waals surface area contributed by atoms with Crippen molar-refractivity contribution in [2.75, 3.05) is 26.2 Å². The van der Waals surface area contributed by atoms with Crippen LogP contribution in [0.2, 0.25) is 0 Å². The van der Waals surface area contributed by atoms with E-state index < -0.39 is 0 Å². The maximum atomic E-state index is 12.4. The van der Waals surface area contributed by atoms with Crippen LogP contribution in [0.3, 0.4) is 0 Å². The number of urea groups is 1. The van der Waals surface area contributed by atoms with E-state index in [1.807, 2.05) is 4.90 Å². The number of piperidine rings is 1. The van der Waals surface area contributed by atoms with Crippen LogP contribution in [0, 0.1) is 0 Å². The monoisotopic (exact) mass is 343 g/mol. The van der Waals surface area contributed by atoms with Crippen molar-refractivity contribution in [3.05, 3.63) is 20.8 Å². The molecule has 2 aliphatic heterocycles. The topological polar surface area (TPSA) is 35.6 Å². The number of hydrogen-bond donors (Lipinski definition) is 1. The summed E-state index contributed by atoms with van der Waals surface area (Å²) in [5.74, 6) is 0. The van der Waals surface area contributed by atoms with Crippen LogP contribution in [0.25, 0.3) is 0 Å². The molecule has 3 rings (SSSR count). The number of thiophene rings is 1. The maximum absolute atomic E-state index is 12.4. The zero-order chi connectivity index (χ0) is 13.2. The number of amides is 2. The summed E-state index contributed by atoms with van der Waals surface area (Å²) in [4.78, 5) is 17.7. The van der Waals surface area contributed by atoms with Gasteiger partial charge in [0, 0.05) is 33.9 Å². The predicted molar refractivity (Wildman–Crippen MR) is 80.4 cm³/mol. The second kappa shape index (κ2) is 5.81. The van der Waals surface area contributed by atoms with Gasteiger partial charge in [0.25, 0.3) is 0 Å². The molecular weight excluding hydrogens is 326 g/mol. The van der Waals surface area contributed by atoms with Gasteiger partial charge in [0.1, 0.15) is 0 Å². The average molecular weight is 344 g/mol.